The Kier molecular flexibility index (Phi) is 4.60. The molecule has 2 heterocycles. The maximum atomic E-state index is 12.9. The third kappa shape index (κ3) is 3.29. The highest BCUT2D eigenvalue weighted by atomic mass is 35.5. The van der Waals surface area contributed by atoms with Crippen molar-refractivity contribution in [2.24, 2.45) is 0 Å². The second-order valence-corrected chi connectivity index (χ2v) is 7.34. The highest BCUT2D eigenvalue weighted by Crippen LogP contribution is 2.26. The fourth-order valence-corrected chi connectivity index (χ4v) is 3.83. The van der Waals surface area contributed by atoms with Gasteiger partial charge in [0.1, 0.15) is 5.69 Å². The van der Waals surface area contributed by atoms with Crippen molar-refractivity contribution in [3.8, 4) is 0 Å². The first-order valence-electron chi connectivity index (χ1n) is 8.98. The number of halogens is 1. The van der Waals surface area contributed by atoms with Crippen LogP contribution in [0.1, 0.15) is 28.9 Å². The number of rotatable bonds is 4. The number of nitrogens with zero attached hydrogens (tertiary/aromatic N) is 2. The van der Waals surface area contributed by atoms with E-state index in [0.717, 1.165) is 24.0 Å². The Hall–Kier alpha value is -2.46. The van der Waals surface area contributed by atoms with E-state index in [1.165, 1.54) is 24.1 Å². The van der Waals surface area contributed by atoms with Gasteiger partial charge in [0.05, 0.1) is 0 Å². The quantitative estimate of drug-likeness (QED) is 0.726. The van der Waals surface area contributed by atoms with Crippen LogP contribution in [-0.4, -0.2) is 35.9 Å². The van der Waals surface area contributed by atoms with Gasteiger partial charge in [0.25, 0.3) is 5.91 Å². The second-order valence-electron chi connectivity index (χ2n) is 6.90. The summed E-state index contributed by atoms with van der Waals surface area (Å²) in [6.07, 6.45) is 2.47. The molecule has 1 aliphatic rings. The lowest BCUT2D eigenvalue weighted by atomic mass is 10.1. The average molecular weight is 368 g/mol. The largest absolute Gasteiger partial charge is 0.371 e. The Morgan fingerprint density at radius 3 is 2.73 bits per heavy atom. The number of H-pyrrole nitrogens is 1. The molecule has 1 fully saturated rings. The number of nitrogens with one attached hydrogen (secondary N) is 1. The van der Waals surface area contributed by atoms with Crippen molar-refractivity contribution in [3.63, 3.8) is 0 Å². The molecule has 26 heavy (non-hydrogen) atoms. The molecule has 0 saturated carbocycles. The Labute approximate surface area is 158 Å². The van der Waals surface area contributed by atoms with Gasteiger partial charge in [0, 0.05) is 48.3 Å². The maximum absolute atomic E-state index is 12.9. The standard InChI is InChI=1S/C21H22ClN3O/c1-24(14-16-6-2-3-7-20(16)25-10-4-5-11-25)21(26)19-12-15-8-9-17(22)13-18(15)23-19/h2-3,6-9,12-13,23H,4-5,10-11,14H2,1H3. The lowest BCUT2D eigenvalue weighted by Gasteiger charge is -2.24. The molecule has 0 bridgehead atoms. The number of aromatic amines is 1. The third-order valence-corrected chi connectivity index (χ3v) is 5.24. The smallest absolute Gasteiger partial charge is 0.270 e. The van der Waals surface area contributed by atoms with Crippen LogP contribution in [-0.2, 0) is 6.54 Å². The van der Waals surface area contributed by atoms with Crippen LogP contribution in [0.15, 0.2) is 48.5 Å². The summed E-state index contributed by atoms with van der Waals surface area (Å²) in [4.78, 5) is 20.3. The monoisotopic (exact) mass is 367 g/mol. The Morgan fingerprint density at radius 1 is 1.15 bits per heavy atom. The maximum Gasteiger partial charge on any atom is 0.270 e. The van der Waals surface area contributed by atoms with Gasteiger partial charge in [-0.15, -0.1) is 0 Å². The number of amides is 1. The predicted molar refractivity (Wildman–Crippen MR) is 107 cm³/mol. The van der Waals surface area contributed by atoms with E-state index in [0.29, 0.717) is 17.3 Å². The number of hydrogen-bond acceptors (Lipinski definition) is 2. The van der Waals surface area contributed by atoms with E-state index >= 15 is 0 Å². The first-order valence-corrected chi connectivity index (χ1v) is 9.36. The van der Waals surface area contributed by atoms with Gasteiger partial charge in [-0.3, -0.25) is 4.79 Å². The van der Waals surface area contributed by atoms with Crippen molar-refractivity contribution in [1.82, 2.24) is 9.88 Å². The van der Waals surface area contributed by atoms with Gasteiger partial charge in [0.15, 0.2) is 0 Å². The van der Waals surface area contributed by atoms with Crippen molar-refractivity contribution in [1.29, 1.82) is 0 Å². The summed E-state index contributed by atoms with van der Waals surface area (Å²) in [6, 6.07) is 15.9. The van der Waals surface area contributed by atoms with Crippen molar-refractivity contribution in [3.05, 3.63) is 64.8 Å². The van der Waals surface area contributed by atoms with E-state index in [-0.39, 0.29) is 5.91 Å². The minimum absolute atomic E-state index is 0.0199. The molecule has 2 aromatic carbocycles. The summed E-state index contributed by atoms with van der Waals surface area (Å²) in [7, 11) is 1.85. The Morgan fingerprint density at radius 2 is 1.92 bits per heavy atom. The lowest BCUT2D eigenvalue weighted by Crippen LogP contribution is -2.28. The molecule has 0 unspecified atom stereocenters. The zero-order chi connectivity index (χ0) is 18.1. The summed E-state index contributed by atoms with van der Waals surface area (Å²) < 4.78 is 0. The van der Waals surface area contributed by atoms with Crippen LogP contribution in [0.2, 0.25) is 5.02 Å². The zero-order valence-electron chi connectivity index (χ0n) is 14.8. The summed E-state index contributed by atoms with van der Waals surface area (Å²) >= 11 is 6.04. The number of benzene rings is 2. The normalized spacial score (nSPS) is 14.2. The van der Waals surface area contributed by atoms with E-state index in [1.807, 2.05) is 37.4 Å². The van der Waals surface area contributed by atoms with Crippen LogP contribution < -0.4 is 4.90 Å². The second kappa shape index (κ2) is 7.04. The van der Waals surface area contributed by atoms with Crippen LogP contribution in [0.3, 0.4) is 0 Å². The topological polar surface area (TPSA) is 39.3 Å². The Balaban J connectivity index is 1.55. The van der Waals surface area contributed by atoms with E-state index in [1.54, 1.807) is 4.90 Å². The van der Waals surface area contributed by atoms with Gasteiger partial charge in [0.2, 0.25) is 0 Å². The highest BCUT2D eigenvalue weighted by molar-refractivity contribution is 6.31. The molecule has 4 nitrogen and oxygen atoms in total. The van der Waals surface area contributed by atoms with E-state index < -0.39 is 0 Å². The minimum atomic E-state index is -0.0199. The van der Waals surface area contributed by atoms with Crippen LogP contribution in [0.4, 0.5) is 5.69 Å². The van der Waals surface area contributed by atoms with Crippen LogP contribution >= 0.6 is 11.6 Å². The number of hydrogen-bond donors (Lipinski definition) is 1. The average Bonchev–Trinajstić information content (AvgIpc) is 3.30. The molecule has 0 spiro atoms. The molecule has 1 amide bonds. The zero-order valence-corrected chi connectivity index (χ0v) is 15.6. The van der Waals surface area contributed by atoms with Gasteiger partial charge in [-0.2, -0.15) is 0 Å². The van der Waals surface area contributed by atoms with Crippen LogP contribution in [0.25, 0.3) is 10.9 Å². The number of anilines is 1. The third-order valence-electron chi connectivity index (χ3n) is 5.01. The molecule has 0 aliphatic carbocycles. The first kappa shape index (κ1) is 17.0. The number of carbonyl (C=O) groups is 1. The first-order chi connectivity index (χ1) is 12.6. The summed E-state index contributed by atoms with van der Waals surface area (Å²) in [6.45, 7) is 2.77. The predicted octanol–water partition coefficient (Wildman–Crippen LogP) is 4.69. The van der Waals surface area contributed by atoms with Gasteiger partial charge >= 0.3 is 0 Å². The molecule has 5 heteroatoms. The van der Waals surface area contributed by atoms with Crippen LogP contribution in [0, 0.1) is 0 Å². The van der Waals surface area contributed by atoms with Gasteiger partial charge < -0.3 is 14.8 Å². The summed E-state index contributed by atoms with van der Waals surface area (Å²) in [5, 5.41) is 1.65. The molecule has 0 radical (unpaired) electrons. The molecule has 1 aliphatic heterocycles. The number of carbonyl (C=O) groups excluding carboxylic acids is 1. The van der Waals surface area contributed by atoms with Gasteiger partial charge in [-0.05, 0) is 42.7 Å². The van der Waals surface area contributed by atoms with Crippen molar-refractivity contribution < 1.29 is 4.79 Å². The summed E-state index contributed by atoms with van der Waals surface area (Å²) in [5.74, 6) is -0.0199. The molecule has 1 saturated heterocycles. The molecule has 4 rings (SSSR count). The minimum Gasteiger partial charge on any atom is -0.371 e. The van der Waals surface area contributed by atoms with Crippen LogP contribution in [0.5, 0.6) is 0 Å². The molecule has 0 atom stereocenters. The Bertz CT molecular complexity index is 943. The van der Waals surface area contributed by atoms with Crippen molar-refractivity contribution >= 4 is 34.1 Å². The van der Waals surface area contributed by atoms with E-state index in [4.69, 9.17) is 11.6 Å². The van der Waals surface area contributed by atoms with E-state index in [9.17, 15) is 4.79 Å². The summed E-state index contributed by atoms with van der Waals surface area (Å²) in [5.41, 5.74) is 3.90. The highest BCUT2D eigenvalue weighted by Gasteiger charge is 2.19. The molecular formula is C21H22ClN3O. The van der Waals surface area contributed by atoms with Gasteiger partial charge in [-0.25, -0.2) is 0 Å². The molecular weight excluding hydrogens is 346 g/mol. The van der Waals surface area contributed by atoms with Gasteiger partial charge in [-0.1, -0.05) is 35.9 Å². The van der Waals surface area contributed by atoms with E-state index in [2.05, 4.69) is 28.1 Å². The van der Waals surface area contributed by atoms with Crippen molar-refractivity contribution in [2.75, 3.05) is 25.0 Å². The molecule has 134 valence electrons. The number of para-hydroxylation sites is 1. The number of aromatic nitrogens is 1. The van der Waals surface area contributed by atoms with Crippen molar-refractivity contribution in [2.45, 2.75) is 19.4 Å². The molecule has 1 N–H and O–H groups in total. The molecule has 3 aromatic rings. The number of fused-ring (bicyclic) bond motifs is 1. The lowest BCUT2D eigenvalue weighted by molar-refractivity contribution is 0.0780. The molecule has 1 aromatic heterocycles. The fraction of sp³-hybridized carbons (Fsp3) is 0.286. The fourth-order valence-electron chi connectivity index (χ4n) is 3.66. The SMILES string of the molecule is CN(Cc1ccccc1N1CCCC1)C(=O)c1cc2ccc(Cl)cc2[nH]1.